The molecule has 0 saturated carbocycles. The summed E-state index contributed by atoms with van der Waals surface area (Å²) in [7, 11) is -3.67. The zero-order valence-electron chi connectivity index (χ0n) is 25.5. The summed E-state index contributed by atoms with van der Waals surface area (Å²) in [6.45, 7) is 8.05. The molecule has 0 bridgehead atoms. The first-order valence-electron chi connectivity index (χ1n) is 15.0. The van der Waals surface area contributed by atoms with Crippen LogP contribution < -0.4 is 5.32 Å². The molecular weight excluding hydrogens is 644 g/mol. The van der Waals surface area contributed by atoms with E-state index in [1.165, 1.54) is 28.0 Å². The Morgan fingerprint density at radius 2 is 1.87 bits per heavy atom. The highest BCUT2D eigenvalue weighted by molar-refractivity contribution is 7.91. The van der Waals surface area contributed by atoms with E-state index >= 15 is 0 Å². The minimum absolute atomic E-state index is 0.0393. The van der Waals surface area contributed by atoms with Gasteiger partial charge in [0.1, 0.15) is 22.4 Å². The quantitative estimate of drug-likeness (QED) is 0.276. The number of para-hydroxylation sites is 1. The molecule has 11 nitrogen and oxygen atoms in total. The number of carbonyl (C=O) groups is 1. The molecule has 2 aliphatic heterocycles. The molecule has 1 amide bonds. The van der Waals surface area contributed by atoms with Gasteiger partial charge < -0.3 is 14.7 Å². The number of piperazine rings is 1. The molecule has 4 aromatic rings. The number of alkyl halides is 3. The monoisotopic (exact) mass is 677 g/mol. The number of amides is 1. The van der Waals surface area contributed by atoms with Crippen LogP contribution >= 0.6 is 11.3 Å². The van der Waals surface area contributed by atoms with Gasteiger partial charge in [0.2, 0.25) is 0 Å². The average molecular weight is 678 g/mol. The van der Waals surface area contributed by atoms with Crippen LogP contribution in [0.15, 0.2) is 45.4 Å². The number of carbonyl (C=O) groups excluding carboxylic acids is 1. The maximum absolute atomic E-state index is 13.6. The molecule has 2 saturated heterocycles. The van der Waals surface area contributed by atoms with Crippen LogP contribution in [0.1, 0.15) is 41.4 Å². The first kappa shape index (κ1) is 32.3. The lowest BCUT2D eigenvalue weighted by Crippen LogP contribution is -2.50. The van der Waals surface area contributed by atoms with Crippen molar-refractivity contribution >= 4 is 44.0 Å². The van der Waals surface area contributed by atoms with Gasteiger partial charge in [-0.25, -0.2) is 18.4 Å². The number of aryl methyl sites for hydroxylation is 1. The second-order valence-electron chi connectivity index (χ2n) is 11.7. The summed E-state index contributed by atoms with van der Waals surface area (Å²) in [6.07, 6.45) is -3.02. The summed E-state index contributed by atoms with van der Waals surface area (Å²) in [5.41, 5.74) is 2.04. The van der Waals surface area contributed by atoms with E-state index in [1.807, 2.05) is 20.8 Å². The molecule has 46 heavy (non-hydrogen) atoms. The Morgan fingerprint density at radius 3 is 2.57 bits per heavy atom. The van der Waals surface area contributed by atoms with Crippen LogP contribution in [0.25, 0.3) is 21.5 Å². The zero-order chi connectivity index (χ0) is 32.8. The van der Waals surface area contributed by atoms with Gasteiger partial charge in [0.25, 0.3) is 15.9 Å². The largest absolute Gasteiger partial charge is 0.408 e. The Labute approximate surface area is 268 Å². The van der Waals surface area contributed by atoms with Gasteiger partial charge in [-0.3, -0.25) is 9.69 Å². The van der Waals surface area contributed by atoms with Crippen molar-refractivity contribution in [2.75, 3.05) is 44.6 Å². The first-order chi connectivity index (χ1) is 21.8. The number of fused-ring (bicyclic) bond motifs is 1. The Balaban J connectivity index is 1.09. The topological polar surface area (TPSA) is 125 Å². The molecule has 2 aliphatic rings. The molecule has 0 spiro atoms. The fraction of sp³-hybridized carbons (Fsp3) is 0.467. The van der Waals surface area contributed by atoms with E-state index in [1.54, 1.807) is 24.3 Å². The molecule has 16 heteroatoms. The summed E-state index contributed by atoms with van der Waals surface area (Å²) in [4.78, 5) is 25.7. The zero-order valence-corrected chi connectivity index (χ0v) is 27.2. The SMILES string of the molecule is Cc1noc(-c2ccc(S(=O)(=O)N3CCN(CC(C)Nc4ncnc5c(C(=O)N6CCC[C@H]6C(F)(F)F)cccc45)CC3)s2)c1C. The minimum atomic E-state index is -4.49. The molecule has 1 N–H and O–H groups in total. The molecule has 5 heterocycles. The number of aromatic nitrogens is 3. The van der Waals surface area contributed by atoms with Gasteiger partial charge in [0.05, 0.1) is 21.7 Å². The van der Waals surface area contributed by atoms with Crippen molar-refractivity contribution in [2.45, 2.75) is 56.1 Å². The predicted octanol–water partition coefficient (Wildman–Crippen LogP) is 4.94. The van der Waals surface area contributed by atoms with Crippen LogP contribution in [0.2, 0.25) is 0 Å². The van der Waals surface area contributed by atoms with Crippen LogP contribution in [0.5, 0.6) is 0 Å². The molecule has 0 radical (unpaired) electrons. The Kier molecular flexibility index (Phi) is 8.82. The number of nitrogens with zero attached hydrogens (tertiary/aromatic N) is 6. The number of rotatable bonds is 8. The fourth-order valence-corrected chi connectivity index (χ4v) is 8.97. The third-order valence-corrected chi connectivity index (χ3v) is 12.0. The van der Waals surface area contributed by atoms with Crippen LogP contribution in [0, 0.1) is 13.8 Å². The number of halogens is 3. The fourth-order valence-electron chi connectivity index (χ4n) is 6.05. The average Bonchev–Trinajstić information content (AvgIpc) is 3.78. The highest BCUT2D eigenvalue weighted by atomic mass is 32.2. The Bertz CT molecular complexity index is 1850. The molecule has 0 aliphatic carbocycles. The van der Waals surface area contributed by atoms with E-state index in [9.17, 15) is 26.4 Å². The van der Waals surface area contributed by atoms with Crippen LogP contribution in [-0.4, -0.2) is 101 Å². The molecule has 6 rings (SSSR count). The van der Waals surface area contributed by atoms with E-state index in [4.69, 9.17) is 4.52 Å². The van der Waals surface area contributed by atoms with Crippen molar-refractivity contribution in [2.24, 2.45) is 0 Å². The third kappa shape index (κ3) is 6.22. The lowest BCUT2D eigenvalue weighted by molar-refractivity contribution is -0.169. The molecule has 2 fully saturated rings. The van der Waals surface area contributed by atoms with Gasteiger partial charge >= 0.3 is 6.18 Å². The van der Waals surface area contributed by atoms with Gasteiger partial charge in [0, 0.05) is 56.3 Å². The summed E-state index contributed by atoms with van der Waals surface area (Å²) >= 11 is 1.17. The molecule has 2 atom stereocenters. The third-order valence-electron chi connectivity index (χ3n) is 8.59. The maximum Gasteiger partial charge on any atom is 0.408 e. The van der Waals surface area contributed by atoms with Crippen LogP contribution in [-0.2, 0) is 10.0 Å². The Morgan fingerprint density at radius 1 is 1.11 bits per heavy atom. The van der Waals surface area contributed by atoms with Crippen molar-refractivity contribution in [3.63, 3.8) is 0 Å². The van der Waals surface area contributed by atoms with Crippen molar-refractivity contribution in [3.8, 4) is 10.6 Å². The normalized spacial score (nSPS) is 19.2. The van der Waals surface area contributed by atoms with Crippen LogP contribution in [0.4, 0.5) is 19.0 Å². The molecule has 1 unspecified atom stereocenters. The number of hydrogen-bond donors (Lipinski definition) is 1. The maximum atomic E-state index is 13.6. The van der Waals surface area contributed by atoms with E-state index in [0.29, 0.717) is 54.6 Å². The minimum Gasteiger partial charge on any atom is -0.366 e. The first-order valence-corrected chi connectivity index (χ1v) is 17.2. The smallest absolute Gasteiger partial charge is 0.366 e. The molecule has 3 aromatic heterocycles. The lowest BCUT2D eigenvalue weighted by Gasteiger charge is -2.35. The van der Waals surface area contributed by atoms with E-state index in [-0.39, 0.29) is 40.7 Å². The van der Waals surface area contributed by atoms with Gasteiger partial charge in [-0.1, -0.05) is 11.2 Å². The Hall–Kier alpha value is -3.60. The number of hydrogen-bond acceptors (Lipinski definition) is 10. The van der Waals surface area contributed by atoms with Crippen molar-refractivity contribution in [1.82, 2.24) is 29.2 Å². The number of thiophene rings is 1. The molecule has 1 aromatic carbocycles. The number of anilines is 1. The highest BCUT2D eigenvalue weighted by Crippen LogP contribution is 2.36. The van der Waals surface area contributed by atoms with Gasteiger partial charge in [-0.05, 0) is 57.9 Å². The number of likely N-dealkylation sites (tertiary alicyclic amines) is 1. The van der Waals surface area contributed by atoms with Gasteiger partial charge in [0.15, 0.2) is 5.76 Å². The highest BCUT2D eigenvalue weighted by Gasteiger charge is 2.48. The van der Waals surface area contributed by atoms with E-state index < -0.39 is 28.1 Å². The number of benzene rings is 1. The number of nitrogens with one attached hydrogen (secondary N) is 1. The number of sulfonamides is 1. The van der Waals surface area contributed by atoms with Crippen molar-refractivity contribution in [3.05, 3.63) is 53.5 Å². The second kappa shape index (κ2) is 12.5. The summed E-state index contributed by atoms with van der Waals surface area (Å²) in [5, 5.41) is 7.85. The van der Waals surface area contributed by atoms with Crippen molar-refractivity contribution < 1.29 is 30.9 Å². The molecule has 246 valence electrons. The van der Waals surface area contributed by atoms with E-state index in [2.05, 4.69) is 25.3 Å². The van der Waals surface area contributed by atoms with E-state index in [0.717, 1.165) is 16.2 Å². The second-order valence-corrected chi connectivity index (χ2v) is 15.0. The standard InChI is InChI=1S/C30H34F3N7O4S2/c1-18(16-38-12-14-39(15-13-38)46(42,43)25-10-9-23(45-25)27-19(2)20(3)37-44-27)36-28-21-6-4-7-22(26(21)34-17-35-28)29(41)40-11-5-8-24(40)30(31,32)33/h4,6-7,9-10,17-18,24H,5,8,11-16H2,1-3H3,(H,34,35,36)/t18?,24-/m0/s1. The lowest BCUT2D eigenvalue weighted by atomic mass is 10.1. The van der Waals surface area contributed by atoms with Gasteiger partial charge in [-0.2, -0.15) is 17.5 Å². The summed E-state index contributed by atoms with van der Waals surface area (Å²) < 4.78 is 74.6. The van der Waals surface area contributed by atoms with Crippen molar-refractivity contribution in [1.29, 1.82) is 0 Å². The summed E-state index contributed by atoms with van der Waals surface area (Å²) in [6, 6.07) is 6.28. The van der Waals surface area contributed by atoms with Gasteiger partial charge in [-0.15, -0.1) is 11.3 Å². The summed E-state index contributed by atoms with van der Waals surface area (Å²) in [5.74, 6) is 0.349. The molecular formula is C30H34F3N7O4S2. The van der Waals surface area contributed by atoms with Crippen LogP contribution in [0.3, 0.4) is 0 Å². The predicted molar refractivity (Wildman–Crippen MR) is 167 cm³/mol.